The molecule has 0 bridgehead atoms. The molecule has 12 heteroatoms. The zero-order chi connectivity index (χ0) is 30.4. The first-order valence-corrected chi connectivity index (χ1v) is 15.1. The normalized spacial score (nSPS) is 19.8. The summed E-state index contributed by atoms with van der Waals surface area (Å²) in [6.45, 7) is 6.34. The molecule has 44 heavy (non-hydrogen) atoms. The van der Waals surface area contributed by atoms with Crippen LogP contribution in [0.2, 0.25) is 0 Å². The number of amides is 1. The van der Waals surface area contributed by atoms with Crippen molar-refractivity contribution in [2.75, 3.05) is 31.2 Å². The molecule has 1 spiro atoms. The summed E-state index contributed by atoms with van der Waals surface area (Å²) in [7, 11) is 0. The number of rotatable bonds is 7. The van der Waals surface area contributed by atoms with Crippen molar-refractivity contribution in [2.45, 2.75) is 57.9 Å². The van der Waals surface area contributed by atoms with Crippen molar-refractivity contribution in [1.29, 1.82) is 5.26 Å². The Morgan fingerprint density at radius 3 is 2.80 bits per heavy atom. The van der Waals surface area contributed by atoms with E-state index in [0.717, 1.165) is 48.6 Å². The first-order chi connectivity index (χ1) is 21.3. The standard InChI is InChI=1S/C32H33BFN6O4/c1-20(2)40(22-6-8-42-15-22)31(41)24-9-21(34)3-4-27(24)44-29-14-36-19-38-30(29)39-16-32(17-39)10-23(11-32)43-28-5-7-37-26-13-33(18-35)12-25(26)28/h3-5,7,9,14,19-20,23H,6,8,10-13,15-17H2,1-2H3/q+1. The number of benzene rings is 1. The van der Waals surface area contributed by atoms with Crippen LogP contribution >= 0.6 is 0 Å². The minimum absolute atomic E-state index is 0.0292. The van der Waals surface area contributed by atoms with Gasteiger partial charge in [0.05, 0.1) is 19.2 Å². The van der Waals surface area contributed by atoms with Crippen LogP contribution < -0.4 is 14.4 Å². The van der Waals surface area contributed by atoms with Crippen molar-refractivity contribution in [1.82, 2.24) is 15.0 Å². The summed E-state index contributed by atoms with van der Waals surface area (Å²) in [5, 5.41) is 9.35. The van der Waals surface area contributed by atoms with Crippen molar-refractivity contribution < 1.29 is 28.0 Å². The Balaban J connectivity index is 1.04. The highest BCUT2D eigenvalue weighted by atomic mass is 19.1. The maximum Gasteiger partial charge on any atom is 0.423 e. The molecule has 224 valence electrons. The first kappa shape index (κ1) is 28.4. The van der Waals surface area contributed by atoms with Gasteiger partial charge in [-0.05, 0) is 63.6 Å². The van der Waals surface area contributed by atoms with Crippen LogP contribution in [0.25, 0.3) is 0 Å². The Morgan fingerprint density at radius 2 is 2.05 bits per heavy atom. The zero-order valence-corrected chi connectivity index (χ0v) is 24.8. The van der Waals surface area contributed by atoms with Crippen LogP contribution in [0.4, 0.5) is 10.2 Å². The van der Waals surface area contributed by atoms with Gasteiger partial charge in [0.25, 0.3) is 6.71 Å². The molecule has 5 heterocycles. The van der Waals surface area contributed by atoms with Gasteiger partial charge in [-0.3, -0.25) is 4.98 Å². The molecule has 0 unspecified atom stereocenters. The third-order valence-corrected chi connectivity index (χ3v) is 9.07. The Bertz CT molecular complexity index is 1690. The molecule has 0 N–H and O–H groups in total. The zero-order valence-electron chi connectivity index (χ0n) is 24.8. The summed E-state index contributed by atoms with van der Waals surface area (Å²) < 4.78 is 34.3. The van der Waals surface area contributed by atoms with E-state index in [1.807, 2.05) is 19.9 Å². The van der Waals surface area contributed by atoms with Crippen molar-refractivity contribution in [3.05, 3.63) is 65.6 Å². The van der Waals surface area contributed by atoms with Gasteiger partial charge in [-0.1, -0.05) is 0 Å². The van der Waals surface area contributed by atoms with Gasteiger partial charge in [0.2, 0.25) is 0 Å². The van der Waals surface area contributed by atoms with Crippen LogP contribution in [0.3, 0.4) is 0 Å². The number of carbonyl (C=O) groups is 1. The maximum absolute atomic E-state index is 14.4. The number of anilines is 1. The molecule has 10 nitrogen and oxygen atoms in total. The Morgan fingerprint density at radius 1 is 1.20 bits per heavy atom. The Kier molecular flexibility index (Phi) is 7.29. The summed E-state index contributed by atoms with van der Waals surface area (Å²) in [4.78, 5) is 29.0. The molecule has 0 atom stereocenters. The second-order valence-electron chi connectivity index (χ2n) is 12.6. The van der Waals surface area contributed by atoms with E-state index in [2.05, 4.69) is 25.8 Å². The molecule has 0 radical (unpaired) electrons. The van der Waals surface area contributed by atoms with Gasteiger partial charge in [-0.25, -0.2) is 24.4 Å². The number of hydrogen-bond acceptors (Lipinski definition) is 9. The molecule has 4 aliphatic rings. The average Bonchev–Trinajstić information content (AvgIpc) is 3.65. The number of halogens is 1. The molecule has 2 saturated heterocycles. The summed E-state index contributed by atoms with van der Waals surface area (Å²) >= 11 is 0. The second-order valence-corrected chi connectivity index (χ2v) is 12.6. The minimum Gasteiger partial charge on any atom is -0.490 e. The molecular weight excluding hydrogens is 562 g/mol. The van der Waals surface area contributed by atoms with Gasteiger partial charge in [-0.2, -0.15) is 4.58 Å². The molecule has 1 amide bonds. The summed E-state index contributed by atoms with van der Waals surface area (Å²) in [6.07, 6.45) is 8.83. The molecule has 1 aliphatic carbocycles. The number of nitriles is 1. The van der Waals surface area contributed by atoms with Crippen LogP contribution in [0.5, 0.6) is 17.2 Å². The smallest absolute Gasteiger partial charge is 0.423 e. The Hall–Kier alpha value is -4.37. The van der Waals surface area contributed by atoms with Gasteiger partial charge in [-0.15, -0.1) is 0 Å². The number of nitrogens with zero attached hydrogens (tertiary/aromatic N) is 6. The third-order valence-electron chi connectivity index (χ3n) is 9.07. The second kappa shape index (κ2) is 11.3. The SMILES string of the molecule is CC(C)[N+](C(=O)c1cc(F)ccc1Oc1cncnc1N1CC2(CC(Oc3ccnc4c3CB(C#N)C4)C2)C1)=C1CCOC1. The van der Waals surface area contributed by atoms with Crippen molar-refractivity contribution >= 4 is 24.1 Å². The van der Waals surface area contributed by atoms with E-state index in [4.69, 9.17) is 14.2 Å². The number of pyridine rings is 1. The molecule has 1 saturated carbocycles. The van der Waals surface area contributed by atoms with E-state index in [1.165, 1.54) is 24.5 Å². The van der Waals surface area contributed by atoms with Gasteiger partial charge in [0.1, 0.15) is 41.9 Å². The topological polar surface area (TPSA) is 113 Å². The molecule has 3 fully saturated rings. The summed E-state index contributed by atoms with van der Waals surface area (Å²) in [6, 6.07) is 5.77. The molecular formula is C32H33BFN6O4+. The van der Waals surface area contributed by atoms with Crippen molar-refractivity contribution in [2.24, 2.45) is 5.41 Å². The van der Waals surface area contributed by atoms with E-state index < -0.39 is 5.82 Å². The fourth-order valence-corrected chi connectivity index (χ4v) is 7.02. The molecule has 3 aliphatic heterocycles. The predicted molar refractivity (Wildman–Crippen MR) is 160 cm³/mol. The van der Waals surface area contributed by atoms with Gasteiger partial charge in [0.15, 0.2) is 23.3 Å². The lowest BCUT2D eigenvalue weighted by molar-refractivity contribution is -0.464. The van der Waals surface area contributed by atoms with Crippen molar-refractivity contribution in [3.8, 4) is 23.2 Å². The number of hydrogen-bond donors (Lipinski definition) is 0. The third kappa shape index (κ3) is 5.19. The van der Waals surface area contributed by atoms with E-state index >= 15 is 0 Å². The van der Waals surface area contributed by atoms with Gasteiger partial charge < -0.3 is 19.1 Å². The molecule has 1 aromatic carbocycles. The van der Waals surface area contributed by atoms with Crippen LogP contribution in [0.15, 0.2) is 43.0 Å². The van der Waals surface area contributed by atoms with E-state index in [9.17, 15) is 14.4 Å². The quantitative estimate of drug-likeness (QED) is 0.295. The Labute approximate surface area is 255 Å². The number of fused-ring (bicyclic) bond motifs is 1. The summed E-state index contributed by atoms with van der Waals surface area (Å²) in [5.41, 5.74) is 3.19. The highest BCUT2D eigenvalue weighted by Crippen LogP contribution is 2.52. The molecule has 2 aromatic heterocycles. The fraction of sp³-hybridized carbons (Fsp3) is 0.438. The number of aromatic nitrogens is 3. The minimum atomic E-state index is -0.519. The van der Waals surface area contributed by atoms with Crippen LogP contribution in [-0.2, 0) is 17.4 Å². The van der Waals surface area contributed by atoms with Crippen molar-refractivity contribution in [3.63, 3.8) is 0 Å². The lowest BCUT2D eigenvalue weighted by atomic mass is 9.49. The molecule has 7 rings (SSSR count). The predicted octanol–water partition coefficient (Wildman–Crippen LogP) is 4.01. The van der Waals surface area contributed by atoms with E-state index in [-0.39, 0.29) is 41.5 Å². The van der Waals surface area contributed by atoms with Gasteiger partial charge in [0, 0.05) is 41.9 Å². The van der Waals surface area contributed by atoms with Crippen LogP contribution in [0, 0.1) is 22.5 Å². The van der Waals surface area contributed by atoms with E-state index in [1.54, 1.807) is 17.0 Å². The lowest BCUT2D eigenvalue weighted by Crippen LogP contribution is -2.65. The highest BCUT2D eigenvalue weighted by Gasteiger charge is 2.54. The number of carbonyl (C=O) groups excluding carboxylic acids is 1. The first-order valence-electron chi connectivity index (χ1n) is 15.1. The summed E-state index contributed by atoms with van der Waals surface area (Å²) in [5.74, 6) is 3.64. The van der Waals surface area contributed by atoms with Crippen LogP contribution in [-0.4, -0.2) is 76.3 Å². The highest BCUT2D eigenvalue weighted by molar-refractivity contribution is 6.67. The lowest BCUT2D eigenvalue weighted by Gasteiger charge is -2.58. The monoisotopic (exact) mass is 595 g/mol. The van der Waals surface area contributed by atoms with Gasteiger partial charge >= 0.3 is 5.91 Å². The average molecular weight is 595 g/mol. The molecule has 3 aromatic rings. The van der Waals surface area contributed by atoms with Crippen LogP contribution in [0.1, 0.15) is 54.7 Å². The largest absolute Gasteiger partial charge is 0.490 e. The van der Waals surface area contributed by atoms with E-state index in [0.29, 0.717) is 43.8 Å². The fourth-order valence-electron chi connectivity index (χ4n) is 7.02. The maximum atomic E-state index is 14.4. The number of ether oxygens (including phenoxy) is 3.